The normalized spacial score (nSPS) is 10.1. The van der Waals surface area contributed by atoms with Gasteiger partial charge >= 0.3 is 0 Å². The number of anilines is 1. The van der Waals surface area contributed by atoms with Crippen LogP contribution in [-0.2, 0) is 0 Å². The van der Waals surface area contributed by atoms with Gasteiger partial charge < -0.3 is 10.1 Å². The van der Waals surface area contributed by atoms with Crippen LogP contribution in [0.5, 0.6) is 11.6 Å². The minimum Gasteiger partial charge on any atom is -0.436 e. The molecule has 20 heavy (non-hydrogen) atoms. The number of nitrogens with one attached hydrogen (secondary N) is 1. The highest BCUT2D eigenvalue weighted by Gasteiger charge is 2.12. The largest absolute Gasteiger partial charge is 0.436 e. The minimum absolute atomic E-state index is 0.142. The van der Waals surface area contributed by atoms with E-state index in [1.54, 1.807) is 0 Å². The van der Waals surface area contributed by atoms with Gasteiger partial charge in [-0.2, -0.15) is 4.98 Å². The van der Waals surface area contributed by atoms with Crippen molar-refractivity contribution < 1.29 is 14.1 Å². The van der Waals surface area contributed by atoms with E-state index in [4.69, 9.17) is 4.74 Å². The summed E-state index contributed by atoms with van der Waals surface area (Å²) < 4.78 is 18.9. The minimum atomic E-state index is -0.831. The summed E-state index contributed by atoms with van der Waals surface area (Å²) in [6.45, 7) is 2.52. The van der Waals surface area contributed by atoms with E-state index < -0.39 is 10.7 Å². The van der Waals surface area contributed by atoms with E-state index in [-0.39, 0.29) is 17.3 Å². The van der Waals surface area contributed by atoms with Crippen LogP contribution in [0.4, 0.5) is 16.0 Å². The Morgan fingerprint density at radius 1 is 1.45 bits per heavy atom. The first kappa shape index (κ1) is 13.7. The molecule has 1 aromatic heterocycles. The Labute approximate surface area is 113 Å². The van der Waals surface area contributed by atoms with Gasteiger partial charge in [-0.3, -0.25) is 10.1 Å². The highest BCUT2D eigenvalue weighted by molar-refractivity contribution is 5.39. The summed E-state index contributed by atoms with van der Waals surface area (Å²) in [5.74, 6) is -0.476. The maximum Gasteiger partial charge on any atom is 0.272 e. The number of non-ortho nitro benzene ring substituents is 1. The number of nitro groups is 1. The first-order chi connectivity index (χ1) is 9.60. The molecular weight excluding hydrogens is 267 g/mol. The van der Waals surface area contributed by atoms with Crippen LogP contribution in [0.25, 0.3) is 0 Å². The second-order valence-corrected chi connectivity index (χ2v) is 3.72. The third-order valence-corrected chi connectivity index (χ3v) is 2.31. The number of halogens is 1. The Morgan fingerprint density at radius 3 is 2.90 bits per heavy atom. The van der Waals surface area contributed by atoms with Crippen molar-refractivity contribution in [3.05, 3.63) is 46.4 Å². The fraction of sp³-hybridized carbons (Fsp3) is 0.167. The van der Waals surface area contributed by atoms with Gasteiger partial charge in [-0.25, -0.2) is 9.37 Å². The van der Waals surface area contributed by atoms with E-state index in [0.29, 0.717) is 12.5 Å². The van der Waals surface area contributed by atoms with Crippen molar-refractivity contribution in [3.8, 4) is 11.6 Å². The molecule has 8 heteroatoms. The Hall–Kier alpha value is -2.77. The van der Waals surface area contributed by atoms with Gasteiger partial charge in [-0.15, -0.1) is 0 Å². The van der Waals surface area contributed by atoms with Crippen LogP contribution in [-0.4, -0.2) is 21.4 Å². The van der Waals surface area contributed by atoms with Crippen LogP contribution in [0.3, 0.4) is 0 Å². The van der Waals surface area contributed by atoms with Crippen molar-refractivity contribution in [2.45, 2.75) is 6.92 Å². The van der Waals surface area contributed by atoms with Crippen molar-refractivity contribution in [1.82, 2.24) is 9.97 Å². The Balaban J connectivity index is 2.21. The zero-order valence-electron chi connectivity index (χ0n) is 10.5. The van der Waals surface area contributed by atoms with Gasteiger partial charge in [0, 0.05) is 24.9 Å². The predicted molar refractivity (Wildman–Crippen MR) is 69.3 cm³/mol. The molecule has 0 unspecified atom stereocenters. The molecule has 7 nitrogen and oxygen atoms in total. The monoisotopic (exact) mass is 278 g/mol. The van der Waals surface area contributed by atoms with Crippen molar-refractivity contribution in [2.24, 2.45) is 0 Å². The molecule has 0 bridgehead atoms. The highest BCUT2D eigenvalue weighted by atomic mass is 19.1. The molecule has 0 aliphatic heterocycles. The maximum absolute atomic E-state index is 13.7. The molecular formula is C12H11FN4O3. The summed E-state index contributed by atoms with van der Waals surface area (Å²) in [7, 11) is 0. The number of hydrogen-bond donors (Lipinski definition) is 1. The lowest BCUT2D eigenvalue weighted by Crippen LogP contribution is -2.02. The molecule has 104 valence electrons. The lowest BCUT2D eigenvalue weighted by Gasteiger charge is -2.07. The summed E-state index contributed by atoms with van der Waals surface area (Å²) in [6.07, 6.45) is 1.46. The van der Waals surface area contributed by atoms with E-state index in [9.17, 15) is 14.5 Å². The van der Waals surface area contributed by atoms with Crippen LogP contribution in [0.15, 0.2) is 30.5 Å². The average molecular weight is 278 g/mol. The number of ether oxygens (including phenoxy) is 1. The second-order valence-electron chi connectivity index (χ2n) is 3.72. The molecule has 0 saturated heterocycles. The smallest absolute Gasteiger partial charge is 0.272 e. The quantitative estimate of drug-likeness (QED) is 0.668. The summed E-state index contributed by atoms with van der Waals surface area (Å²) in [4.78, 5) is 17.8. The summed E-state index contributed by atoms with van der Waals surface area (Å²) >= 11 is 0. The van der Waals surface area contributed by atoms with Gasteiger partial charge in [0.25, 0.3) is 5.69 Å². The average Bonchev–Trinajstić information content (AvgIpc) is 2.42. The van der Waals surface area contributed by atoms with Crippen molar-refractivity contribution >= 4 is 11.6 Å². The molecule has 0 amide bonds. The molecule has 2 rings (SSSR count). The molecule has 0 aliphatic rings. The van der Waals surface area contributed by atoms with Gasteiger partial charge in [0.2, 0.25) is 11.8 Å². The summed E-state index contributed by atoms with van der Waals surface area (Å²) in [6, 6.07) is 4.59. The maximum atomic E-state index is 13.7. The van der Waals surface area contributed by atoms with E-state index in [2.05, 4.69) is 15.3 Å². The van der Waals surface area contributed by atoms with Gasteiger partial charge in [0.1, 0.15) is 0 Å². The third-order valence-electron chi connectivity index (χ3n) is 2.31. The van der Waals surface area contributed by atoms with E-state index in [0.717, 1.165) is 12.1 Å². The lowest BCUT2D eigenvalue weighted by atomic mass is 10.3. The van der Waals surface area contributed by atoms with Crippen LogP contribution in [0.1, 0.15) is 6.92 Å². The second kappa shape index (κ2) is 5.91. The highest BCUT2D eigenvalue weighted by Crippen LogP contribution is 2.26. The molecule has 0 radical (unpaired) electrons. The Morgan fingerprint density at radius 2 is 2.25 bits per heavy atom. The van der Waals surface area contributed by atoms with Gasteiger partial charge in [-0.05, 0) is 13.0 Å². The molecule has 0 atom stereocenters. The first-order valence-electron chi connectivity index (χ1n) is 5.79. The van der Waals surface area contributed by atoms with Crippen molar-refractivity contribution in [1.29, 1.82) is 0 Å². The number of nitrogens with zero attached hydrogens (tertiary/aromatic N) is 3. The van der Waals surface area contributed by atoms with E-state index >= 15 is 0 Å². The topological polar surface area (TPSA) is 90.2 Å². The van der Waals surface area contributed by atoms with E-state index in [1.165, 1.54) is 18.3 Å². The number of aromatic nitrogens is 2. The molecule has 2 aromatic rings. The third kappa shape index (κ3) is 3.16. The molecule has 0 fully saturated rings. The predicted octanol–water partition coefficient (Wildman–Crippen LogP) is 2.75. The van der Waals surface area contributed by atoms with Crippen LogP contribution in [0, 0.1) is 15.9 Å². The number of hydrogen-bond acceptors (Lipinski definition) is 6. The zero-order valence-corrected chi connectivity index (χ0v) is 10.5. The molecule has 0 saturated carbocycles. The fourth-order valence-corrected chi connectivity index (χ4v) is 1.44. The van der Waals surface area contributed by atoms with Crippen LogP contribution < -0.4 is 10.1 Å². The van der Waals surface area contributed by atoms with Gasteiger partial charge in [0.05, 0.1) is 11.0 Å². The fourth-order valence-electron chi connectivity index (χ4n) is 1.44. The number of rotatable bonds is 5. The number of benzene rings is 1. The zero-order chi connectivity index (χ0) is 14.5. The summed E-state index contributed by atoms with van der Waals surface area (Å²) in [5.41, 5.74) is -0.342. The molecule has 1 aromatic carbocycles. The van der Waals surface area contributed by atoms with Gasteiger partial charge in [-0.1, -0.05) is 0 Å². The molecule has 0 aliphatic carbocycles. The van der Waals surface area contributed by atoms with E-state index in [1.807, 2.05) is 6.92 Å². The van der Waals surface area contributed by atoms with Crippen molar-refractivity contribution in [2.75, 3.05) is 11.9 Å². The standard InChI is InChI=1S/C12H11FN4O3/c1-2-14-12-15-6-5-11(16-12)20-10-4-3-8(17(18)19)7-9(10)13/h3-7H,2H2,1H3,(H,14,15,16). The first-order valence-corrected chi connectivity index (χ1v) is 5.79. The molecule has 0 spiro atoms. The lowest BCUT2D eigenvalue weighted by molar-refractivity contribution is -0.385. The molecule has 1 heterocycles. The Bertz CT molecular complexity index is 636. The summed E-state index contributed by atoms with van der Waals surface area (Å²) in [5, 5.41) is 13.4. The van der Waals surface area contributed by atoms with Crippen LogP contribution in [0.2, 0.25) is 0 Å². The number of nitro benzene ring substituents is 1. The van der Waals surface area contributed by atoms with Crippen LogP contribution >= 0.6 is 0 Å². The molecule has 1 N–H and O–H groups in total. The Kier molecular flexibility index (Phi) is 4.04. The SMILES string of the molecule is CCNc1nccc(Oc2ccc([N+](=O)[O-])cc2F)n1. The van der Waals surface area contributed by atoms with Gasteiger partial charge in [0.15, 0.2) is 11.6 Å². The van der Waals surface area contributed by atoms with Crippen molar-refractivity contribution in [3.63, 3.8) is 0 Å².